The number of aromatic nitrogens is 7. The van der Waals surface area contributed by atoms with Gasteiger partial charge >= 0.3 is 0 Å². The van der Waals surface area contributed by atoms with Gasteiger partial charge in [-0.1, -0.05) is 127 Å². The molecule has 0 spiro atoms. The number of hydrogen-bond donors (Lipinski definition) is 0. The molecule has 0 saturated heterocycles. The van der Waals surface area contributed by atoms with Gasteiger partial charge in [-0.3, -0.25) is 9.97 Å². The van der Waals surface area contributed by atoms with Crippen molar-refractivity contribution in [1.29, 1.82) is 0 Å². The molecule has 12 aromatic rings. The third-order valence-electron chi connectivity index (χ3n) is 11.7. The molecule has 62 heavy (non-hydrogen) atoms. The first kappa shape index (κ1) is 35.4. The molecule has 0 aliphatic carbocycles. The maximum Gasteiger partial charge on any atom is 0.164 e. The fraction of sp³-hybridized carbons (Fsp3) is 0. The van der Waals surface area contributed by atoms with Crippen LogP contribution >= 0.6 is 0 Å². The lowest BCUT2D eigenvalue weighted by Crippen LogP contribution is -2.01. The van der Waals surface area contributed by atoms with Crippen molar-refractivity contribution in [2.75, 3.05) is 0 Å². The first-order chi connectivity index (χ1) is 30.7. The zero-order chi connectivity index (χ0) is 41.0. The van der Waals surface area contributed by atoms with Crippen LogP contribution < -0.4 is 0 Å². The summed E-state index contributed by atoms with van der Waals surface area (Å²) in [4.78, 5) is 34.1. The predicted octanol–water partition coefficient (Wildman–Crippen LogP) is 13.2. The number of nitrogens with zero attached hydrogens (tertiary/aromatic N) is 7. The summed E-state index contributed by atoms with van der Waals surface area (Å²) in [7, 11) is 0. The topological polar surface area (TPSA) is 90.2 Å². The van der Waals surface area contributed by atoms with E-state index in [0.29, 0.717) is 17.5 Å². The van der Waals surface area contributed by atoms with Gasteiger partial charge < -0.3 is 0 Å². The fourth-order valence-electron chi connectivity index (χ4n) is 8.88. The Kier molecular flexibility index (Phi) is 8.35. The maximum absolute atomic E-state index is 5.37. The SMILES string of the molecule is c1ccc2c(-c3nc(-c4ccc(-c5cncnc5)cc4)nc(-c4cc(-c5c6ccccc6cc6ncccc56)cc(-c5c6ccccc6cc6ncccc56)c4)n3)cccc2c1. The van der Waals surface area contributed by atoms with Gasteiger partial charge in [-0.05, 0) is 103 Å². The van der Waals surface area contributed by atoms with E-state index in [1.165, 1.54) is 0 Å². The molecule has 288 valence electrons. The zero-order valence-corrected chi connectivity index (χ0v) is 33.2. The Morgan fingerprint density at radius 3 is 1.42 bits per heavy atom. The Hall–Kier alpha value is -8.55. The number of fused-ring (bicyclic) bond motifs is 5. The summed E-state index contributed by atoms with van der Waals surface area (Å²) in [5.74, 6) is 1.72. The molecule has 8 aromatic carbocycles. The molecule has 0 aliphatic heterocycles. The standard InChI is InChI=1S/C55H33N7/c1-4-14-43-35(10-1)13-7-17-46(43)55-61-53(36-22-20-34(21-23-36)42-31-56-33-57-32-42)60-54(62-55)41-27-39(51-44-15-5-2-11-37(44)29-49-47(51)18-8-24-58-49)26-40(28-41)52-45-16-6-3-12-38(45)30-50-48(52)19-9-25-59-50/h1-33H. The minimum atomic E-state index is 0.562. The van der Waals surface area contributed by atoms with Crippen molar-refractivity contribution in [3.8, 4) is 67.5 Å². The van der Waals surface area contributed by atoms with Gasteiger partial charge in [0.2, 0.25) is 0 Å². The summed E-state index contributed by atoms with van der Waals surface area (Å²) in [5.41, 5.74) is 10.7. The van der Waals surface area contributed by atoms with Crippen LogP contribution in [0.25, 0.3) is 122 Å². The smallest absolute Gasteiger partial charge is 0.164 e. The van der Waals surface area contributed by atoms with E-state index < -0.39 is 0 Å². The predicted molar refractivity (Wildman–Crippen MR) is 251 cm³/mol. The summed E-state index contributed by atoms with van der Waals surface area (Å²) in [5, 5.41) is 8.81. The molecule has 7 nitrogen and oxygen atoms in total. The summed E-state index contributed by atoms with van der Waals surface area (Å²) in [6.45, 7) is 0. The second-order valence-corrected chi connectivity index (χ2v) is 15.4. The third-order valence-corrected chi connectivity index (χ3v) is 11.7. The van der Waals surface area contributed by atoms with Gasteiger partial charge in [-0.15, -0.1) is 0 Å². The number of pyridine rings is 2. The molecule has 12 rings (SSSR count). The first-order valence-electron chi connectivity index (χ1n) is 20.5. The van der Waals surface area contributed by atoms with Crippen LogP contribution in [-0.2, 0) is 0 Å². The molecule has 0 unspecified atom stereocenters. The van der Waals surface area contributed by atoms with Crippen LogP contribution in [0.3, 0.4) is 0 Å². The molecule has 0 amide bonds. The average Bonchev–Trinajstić information content (AvgIpc) is 3.34. The number of hydrogen-bond acceptors (Lipinski definition) is 7. The van der Waals surface area contributed by atoms with E-state index in [1.54, 1.807) is 6.33 Å². The van der Waals surface area contributed by atoms with E-state index in [1.807, 2.05) is 36.9 Å². The molecule has 0 atom stereocenters. The van der Waals surface area contributed by atoms with Crippen molar-refractivity contribution in [3.63, 3.8) is 0 Å². The van der Waals surface area contributed by atoms with E-state index in [2.05, 4.69) is 168 Å². The molecule has 0 radical (unpaired) electrons. The summed E-state index contributed by atoms with van der Waals surface area (Å²) >= 11 is 0. The molecule has 0 saturated carbocycles. The lowest BCUT2D eigenvalue weighted by atomic mass is 9.88. The number of benzene rings is 8. The van der Waals surface area contributed by atoms with Gasteiger partial charge in [0.25, 0.3) is 0 Å². The molecule has 0 fully saturated rings. The fourth-order valence-corrected chi connectivity index (χ4v) is 8.88. The van der Waals surface area contributed by atoms with E-state index in [9.17, 15) is 0 Å². The molecule has 7 heteroatoms. The number of rotatable bonds is 6. The molecule has 0 bridgehead atoms. The normalized spacial score (nSPS) is 11.5. The van der Waals surface area contributed by atoms with Crippen molar-refractivity contribution < 1.29 is 0 Å². The van der Waals surface area contributed by atoms with Crippen LogP contribution in [0.15, 0.2) is 201 Å². The molecular weight excluding hydrogens is 759 g/mol. The lowest BCUT2D eigenvalue weighted by molar-refractivity contribution is 1.08. The molecule has 0 N–H and O–H groups in total. The minimum absolute atomic E-state index is 0.562. The van der Waals surface area contributed by atoms with Crippen LogP contribution in [0.2, 0.25) is 0 Å². The van der Waals surface area contributed by atoms with Crippen molar-refractivity contribution in [3.05, 3.63) is 201 Å². The van der Waals surface area contributed by atoms with Crippen LogP contribution in [0, 0.1) is 0 Å². The Balaban J connectivity index is 1.17. The quantitative estimate of drug-likeness (QED) is 0.155. The van der Waals surface area contributed by atoms with Crippen LogP contribution in [-0.4, -0.2) is 34.9 Å². The first-order valence-corrected chi connectivity index (χ1v) is 20.5. The van der Waals surface area contributed by atoms with Gasteiger partial charge in [-0.2, -0.15) is 0 Å². The second kappa shape index (κ2) is 14.6. The largest absolute Gasteiger partial charge is 0.256 e. The van der Waals surface area contributed by atoms with Crippen LogP contribution in [0.1, 0.15) is 0 Å². The van der Waals surface area contributed by atoms with Gasteiger partial charge in [0, 0.05) is 57.8 Å². The van der Waals surface area contributed by atoms with Crippen molar-refractivity contribution in [2.45, 2.75) is 0 Å². The third kappa shape index (κ3) is 6.11. The second-order valence-electron chi connectivity index (χ2n) is 15.4. The zero-order valence-electron chi connectivity index (χ0n) is 33.2. The highest BCUT2D eigenvalue weighted by Crippen LogP contribution is 2.43. The van der Waals surface area contributed by atoms with Gasteiger partial charge in [0.1, 0.15) is 6.33 Å². The van der Waals surface area contributed by atoms with Crippen LogP contribution in [0.5, 0.6) is 0 Å². The lowest BCUT2D eigenvalue weighted by Gasteiger charge is -2.17. The molecule has 0 aliphatic rings. The Morgan fingerprint density at radius 1 is 0.306 bits per heavy atom. The Bertz CT molecular complexity index is 3450. The highest BCUT2D eigenvalue weighted by molar-refractivity contribution is 6.15. The average molecular weight is 792 g/mol. The molecular formula is C55H33N7. The van der Waals surface area contributed by atoms with Crippen molar-refractivity contribution >= 4 is 54.1 Å². The van der Waals surface area contributed by atoms with Crippen molar-refractivity contribution in [1.82, 2.24) is 34.9 Å². The van der Waals surface area contributed by atoms with E-state index in [-0.39, 0.29) is 0 Å². The maximum atomic E-state index is 5.37. The van der Waals surface area contributed by atoms with E-state index in [4.69, 9.17) is 24.9 Å². The van der Waals surface area contributed by atoms with Crippen LogP contribution in [0.4, 0.5) is 0 Å². The summed E-state index contributed by atoms with van der Waals surface area (Å²) in [6.07, 6.45) is 8.89. The summed E-state index contributed by atoms with van der Waals surface area (Å²) in [6, 6.07) is 59.5. The van der Waals surface area contributed by atoms with Gasteiger partial charge in [0.05, 0.1) is 11.0 Å². The highest BCUT2D eigenvalue weighted by Gasteiger charge is 2.20. The minimum Gasteiger partial charge on any atom is -0.256 e. The monoisotopic (exact) mass is 791 g/mol. The Morgan fingerprint density at radius 2 is 0.790 bits per heavy atom. The molecule has 4 aromatic heterocycles. The van der Waals surface area contributed by atoms with E-state index >= 15 is 0 Å². The van der Waals surface area contributed by atoms with Gasteiger partial charge in [-0.25, -0.2) is 24.9 Å². The van der Waals surface area contributed by atoms with E-state index in [0.717, 1.165) is 104 Å². The van der Waals surface area contributed by atoms with Gasteiger partial charge in [0.15, 0.2) is 17.5 Å². The summed E-state index contributed by atoms with van der Waals surface area (Å²) < 4.78 is 0. The van der Waals surface area contributed by atoms with Crippen molar-refractivity contribution in [2.24, 2.45) is 0 Å². The highest BCUT2D eigenvalue weighted by atomic mass is 15.0. The molecule has 4 heterocycles. The Labute approximate surface area is 356 Å².